The molecule has 7 nitrogen and oxygen atoms in total. The minimum Gasteiger partial charge on any atom is -0.496 e. The second-order valence-corrected chi connectivity index (χ2v) is 7.47. The molecule has 0 bridgehead atoms. The molecule has 0 radical (unpaired) electrons. The van der Waals surface area contributed by atoms with Gasteiger partial charge in [-0.3, -0.25) is 0 Å². The lowest BCUT2D eigenvalue weighted by Crippen LogP contribution is -2.02. The van der Waals surface area contributed by atoms with E-state index in [1.54, 1.807) is 18.9 Å². The fraction of sp³-hybridized carbons (Fsp3) is 0.474. The van der Waals surface area contributed by atoms with Gasteiger partial charge in [-0.15, -0.1) is 10.2 Å². The van der Waals surface area contributed by atoms with Crippen LogP contribution < -0.4 is 4.74 Å². The van der Waals surface area contributed by atoms with Crippen molar-refractivity contribution in [3.63, 3.8) is 0 Å². The standard InChI is InChI=1S/C19H25N5O2S/c1-5-7-12-16-20-18(26-23-16)13(3)27-19-22-21-17(24(19)6-2)14-10-8-9-11-15(14)25-4/h8-11,13H,5-7,12H2,1-4H3. The van der Waals surface area contributed by atoms with E-state index < -0.39 is 0 Å². The van der Waals surface area contributed by atoms with Gasteiger partial charge in [0, 0.05) is 13.0 Å². The normalized spacial score (nSPS) is 12.3. The summed E-state index contributed by atoms with van der Waals surface area (Å²) < 4.78 is 13.0. The van der Waals surface area contributed by atoms with E-state index in [1.165, 1.54) is 0 Å². The number of ether oxygens (including phenoxy) is 1. The molecule has 2 heterocycles. The molecule has 0 saturated heterocycles. The summed E-state index contributed by atoms with van der Waals surface area (Å²) in [6.07, 6.45) is 3.02. The van der Waals surface area contributed by atoms with Crippen LogP contribution in [0.2, 0.25) is 0 Å². The molecule has 8 heteroatoms. The van der Waals surface area contributed by atoms with E-state index >= 15 is 0 Å². The Morgan fingerprint density at radius 3 is 2.78 bits per heavy atom. The molecular weight excluding hydrogens is 362 g/mol. The van der Waals surface area contributed by atoms with Gasteiger partial charge in [-0.05, 0) is 32.4 Å². The Bertz CT molecular complexity index is 877. The summed E-state index contributed by atoms with van der Waals surface area (Å²) in [4.78, 5) is 4.52. The number of nitrogens with zero attached hydrogens (tertiary/aromatic N) is 5. The van der Waals surface area contributed by atoms with Crippen LogP contribution in [0.4, 0.5) is 0 Å². The lowest BCUT2D eigenvalue weighted by molar-refractivity contribution is 0.374. The maximum atomic E-state index is 5.47. The Morgan fingerprint density at radius 2 is 2.04 bits per heavy atom. The Hall–Kier alpha value is -2.35. The lowest BCUT2D eigenvalue weighted by atomic mass is 10.2. The number of methoxy groups -OCH3 is 1. The molecule has 144 valence electrons. The maximum absolute atomic E-state index is 5.47. The van der Waals surface area contributed by atoms with Crippen molar-refractivity contribution in [3.8, 4) is 17.1 Å². The van der Waals surface area contributed by atoms with Gasteiger partial charge >= 0.3 is 0 Å². The number of hydrogen-bond donors (Lipinski definition) is 0. The second kappa shape index (κ2) is 9.03. The Morgan fingerprint density at radius 1 is 1.22 bits per heavy atom. The molecule has 1 atom stereocenters. The van der Waals surface area contributed by atoms with E-state index in [9.17, 15) is 0 Å². The van der Waals surface area contributed by atoms with Gasteiger partial charge in [0.05, 0.1) is 17.9 Å². The van der Waals surface area contributed by atoms with Gasteiger partial charge < -0.3 is 13.8 Å². The highest BCUT2D eigenvalue weighted by Gasteiger charge is 2.21. The lowest BCUT2D eigenvalue weighted by Gasteiger charge is -2.11. The molecule has 27 heavy (non-hydrogen) atoms. The van der Waals surface area contributed by atoms with Gasteiger partial charge in [-0.25, -0.2) is 0 Å². The highest BCUT2D eigenvalue weighted by molar-refractivity contribution is 7.99. The summed E-state index contributed by atoms with van der Waals surface area (Å²) in [7, 11) is 1.66. The molecule has 0 aliphatic heterocycles. The van der Waals surface area contributed by atoms with Gasteiger partial charge in [0.25, 0.3) is 0 Å². The summed E-state index contributed by atoms with van der Waals surface area (Å²) in [5.74, 6) is 2.96. The summed E-state index contributed by atoms with van der Waals surface area (Å²) in [5.41, 5.74) is 0.925. The third-order valence-corrected chi connectivity index (χ3v) is 5.32. The van der Waals surface area contributed by atoms with Crippen molar-refractivity contribution in [2.24, 2.45) is 0 Å². The number of unbranched alkanes of at least 4 members (excludes halogenated alkanes) is 1. The summed E-state index contributed by atoms with van der Waals surface area (Å²) in [6.45, 7) is 7.02. The molecule has 0 amide bonds. The van der Waals surface area contributed by atoms with E-state index in [0.717, 1.165) is 53.9 Å². The van der Waals surface area contributed by atoms with Crippen LogP contribution in [0.15, 0.2) is 33.9 Å². The SMILES string of the molecule is CCCCc1noc(C(C)Sc2nnc(-c3ccccc3OC)n2CC)n1. The zero-order valence-electron chi connectivity index (χ0n) is 16.2. The van der Waals surface area contributed by atoms with Crippen LogP contribution in [0.1, 0.15) is 50.6 Å². The molecule has 0 spiro atoms. The van der Waals surface area contributed by atoms with Crippen molar-refractivity contribution in [2.75, 3.05) is 7.11 Å². The first kappa shape index (κ1) is 19.4. The first-order chi connectivity index (χ1) is 13.2. The molecule has 3 rings (SSSR count). The number of benzene rings is 1. The smallest absolute Gasteiger partial charge is 0.239 e. The third kappa shape index (κ3) is 4.32. The highest BCUT2D eigenvalue weighted by Crippen LogP contribution is 2.36. The van der Waals surface area contributed by atoms with Crippen LogP contribution >= 0.6 is 11.8 Å². The van der Waals surface area contributed by atoms with Gasteiger partial charge in [-0.1, -0.05) is 42.4 Å². The minimum absolute atomic E-state index is 0.00658. The van der Waals surface area contributed by atoms with Crippen molar-refractivity contribution >= 4 is 11.8 Å². The van der Waals surface area contributed by atoms with Crippen molar-refractivity contribution in [2.45, 2.75) is 57.0 Å². The van der Waals surface area contributed by atoms with E-state index in [0.29, 0.717) is 5.89 Å². The van der Waals surface area contributed by atoms with Crippen molar-refractivity contribution < 1.29 is 9.26 Å². The number of hydrogen-bond acceptors (Lipinski definition) is 7. The van der Waals surface area contributed by atoms with Gasteiger partial charge in [0.15, 0.2) is 16.8 Å². The highest BCUT2D eigenvalue weighted by atomic mass is 32.2. The van der Waals surface area contributed by atoms with Gasteiger partial charge in [0.2, 0.25) is 5.89 Å². The third-order valence-electron chi connectivity index (χ3n) is 4.25. The fourth-order valence-corrected chi connectivity index (χ4v) is 3.71. The van der Waals surface area contributed by atoms with Gasteiger partial charge in [-0.2, -0.15) is 4.98 Å². The van der Waals surface area contributed by atoms with Crippen molar-refractivity contribution in [1.29, 1.82) is 0 Å². The van der Waals surface area contributed by atoms with Crippen LogP contribution in [0.5, 0.6) is 5.75 Å². The molecule has 0 fully saturated rings. The molecular formula is C19H25N5O2S. The number of rotatable bonds is 9. The molecule has 1 unspecified atom stereocenters. The quantitative estimate of drug-likeness (QED) is 0.498. The van der Waals surface area contributed by atoms with E-state index in [1.807, 2.05) is 31.2 Å². The topological polar surface area (TPSA) is 78.9 Å². The predicted octanol–water partition coefficient (Wildman–Crippen LogP) is 4.55. The molecule has 0 aliphatic carbocycles. The van der Waals surface area contributed by atoms with E-state index in [-0.39, 0.29) is 5.25 Å². The largest absolute Gasteiger partial charge is 0.496 e. The number of para-hydroxylation sites is 1. The van der Waals surface area contributed by atoms with E-state index in [4.69, 9.17) is 9.26 Å². The summed E-state index contributed by atoms with van der Waals surface area (Å²) >= 11 is 1.57. The zero-order chi connectivity index (χ0) is 19.2. The van der Waals surface area contributed by atoms with Crippen LogP contribution in [0.3, 0.4) is 0 Å². The van der Waals surface area contributed by atoms with E-state index in [2.05, 4.69) is 38.8 Å². The second-order valence-electron chi connectivity index (χ2n) is 6.16. The average molecular weight is 388 g/mol. The van der Waals surface area contributed by atoms with Crippen molar-refractivity contribution in [3.05, 3.63) is 36.0 Å². The van der Waals surface area contributed by atoms with Crippen LogP contribution in [0.25, 0.3) is 11.4 Å². The molecule has 3 aromatic rings. The monoisotopic (exact) mass is 387 g/mol. The summed E-state index contributed by atoms with van der Waals surface area (Å²) in [5, 5.41) is 13.7. The maximum Gasteiger partial charge on any atom is 0.239 e. The Kier molecular flexibility index (Phi) is 6.49. The summed E-state index contributed by atoms with van der Waals surface area (Å²) in [6, 6.07) is 7.83. The van der Waals surface area contributed by atoms with Crippen LogP contribution in [0, 0.1) is 0 Å². The zero-order valence-corrected chi connectivity index (χ0v) is 17.0. The fourth-order valence-electron chi connectivity index (χ4n) is 2.77. The first-order valence-corrected chi connectivity index (χ1v) is 10.1. The molecule has 0 N–H and O–H groups in total. The van der Waals surface area contributed by atoms with Crippen LogP contribution in [-0.4, -0.2) is 32.0 Å². The Balaban J connectivity index is 1.81. The number of aromatic nitrogens is 5. The molecule has 0 saturated carbocycles. The Labute approximate surface area is 163 Å². The molecule has 0 aliphatic rings. The van der Waals surface area contributed by atoms with Crippen LogP contribution in [-0.2, 0) is 13.0 Å². The minimum atomic E-state index is -0.00658. The molecule has 1 aromatic carbocycles. The first-order valence-electron chi connectivity index (χ1n) is 9.23. The predicted molar refractivity (Wildman–Crippen MR) is 105 cm³/mol. The number of aryl methyl sites for hydroxylation is 1. The molecule has 2 aromatic heterocycles. The average Bonchev–Trinajstić information content (AvgIpc) is 3.33. The van der Waals surface area contributed by atoms with Crippen molar-refractivity contribution in [1.82, 2.24) is 24.9 Å². The van der Waals surface area contributed by atoms with Gasteiger partial charge in [0.1, 0.15) is 5.75 Å². The number of thioether (sulfide) groups is 1.